The molecule has 0 radical (unpaired) electrons. The van der Waals surface area contributed by atoms with Gasteiger partial charge in [-0.15, -0.1) is 4.73 Å². The zero-order chi connectivity index (χ0) is 16.8. The van der Waals surface area contributed by atoms with Gasteiger partial charge in [-0.25, -0.2) is 9.97 Å². The normalized spacial score (nSPS) is 11.2. The Labute approximate surface area is 140 Å². The number of fused-ring (bicyclic) bond motifs is 1. The molecule has 0 spiro atoms. The summed E-state index contributed by atoms with van der Waals surface area (Å²) < 4.78 is 1.26. The lowest BCUT2D eigenvalue weighted by Crippen LogP contribution is -2.28. The molecule has 5 heteroatoms. The van der Waals surface area contributed by atoms with E-state index in [9.17, 15) is 4.79 Å². The number of unbranched alkanes of at least 4 members (excludes halogenated alkanes) is 1. The van der Waals surface area contributed by atoms with E-state index < -0.39 is 0 Å². The van der Waals surface area contributed by atoms with E-state index in [0.717, 1.165) is 29.4 Å². The first-order valence-corrected chi connectivity index (χ1v) is 8.02. The molecule has 0 saturated heterocycles. The Bertz CT molecular complexity index is 901. The number of nitrogens with zero attached hydrogens (tertiary/aromatic N) is 3. The van der Waals surface area contributed by atoms with Gasteiger partial charge in [0.2, 0.25) is 0 Å². The van der Waals surface area contributed by atoms with Gasteiger partial charge in [0, 0.05) is 17.6 Å². The summed E-state index contributed by atoms with van der Waals surface area (Å²) in [5.74, 6) is 0. The second-order valence-electron chi connectivity index (χ2n) is 5.42. The van der Waals surface area contributed by atoms with Crippen molar-refractivity contribution in [2.75, 3.05) is 6.61 Å². The van der Waals surface area contributed by atoms with Crippen LogP contribution in [0.3, 0.4) is 0 Å². The van der Waals surface area contributed by atoms with Crippen LogP contribution in [0.5, 0.6) is 0 Å². The van der Waals surface area contributed by atoms with E-state index in [-0.39, 0.29) is 5.56 Å². The van der Waals surface area contributed by atoms with E-state index in [1.807, 2.05) is 42.5 Å². The van der Waals surface area contributed by atoms with Crippen molar-refractivity contribution < 1.29 is 4.84 Å². The van der Waals surface area contributed by atoms with Crippen molar-refractivity contribution in [1.29, 1.82) is 0 Å². The molecule has 3 rings (SSSR count). The molecule has 0 saturated carbocycles. The van der Waals surface area contributed by atoms with Crippen molar-refractivity contribution in [3.05, 3.63) is 70.4 Å². The maximum absolute atomic E-state index is 12.4. The Morgan fingerprint density at radius 2 is 2.04 bits per heavy atom. The first-order chi connectivity index (χ1) is 11.8. The van der Waals surface area contributed by atoms with Crippen LogP contribution in [0.15, 0.2) is 53.7 Å². The lowest BCUT2D eigenvalue weighted by molar-refractivity contribution is 0.108. The molecule has 2 aromatic heterocycles. The fourth-order valence-electron chi connectivity index (χ4n) is 2.38. The van der Waals surface area contributed by atoms with Gasteiger partial charge in [0.25, 0.3) is 5.56 Å². The molecule has 0 unspecified atom stereocenters. The molecule has 0 bridgehead atoms. The van der Waals surface area contributed by atoms with Crippen LogP contribution in [0.1, 0.15) is 30.9 Å². The molecule has 1 aromatic carbocycles. The molecule has 0 fully saturated rings. The van der Waals surface area contributed by atoms with Crippen LogP contribution < -0.4 is 10.4 Å². The number of benzene rings is 1. The summed E-state index contributed by atoms with van der Waals surface area (Å²) in [7, 11) is 0. The van der Waals surface area contributed by atoms with Crippen LogP contribution in [-0.4, -0.2) is 21.3 Å². The molecule has 0 amide bonds. The lowest BCUT2D eigenvalue weighted by atomic mass is 10.1. The fraction of sp³-hybridized carbons (Fsp3) is 0.211. The molecule has 2 heterocycles. The number of hydrogen-bond donors (Lipinski definition) is 0. The highest BCUT2D eigenvalue weighted by Crippen LogP contribution is 2.16. The first kappa shape index (κ1) is 15.9. The quantitative estimate of drug-likeness (QED) is 0.654. The number of aromatic nitrogens is 3. The van der Waals surface area contributed by atoms with Crippen LogP contribution in [0, 0.1) is 0 Å². The van der Waals surface area contributed by atoms with Gasteiger partial charge in [-0.05, 0) is 17.5 Å². The maximum Gasteiger partial charge on any atom is 0.285 e. The standard InChI is InChI=1S/C19H19N3O2/c1-2-3-11-24-22-18(23)12-16(17-13-20-14-21-19(17)22)10-9-15-7-5-4-6-8-15/h4-10,12-14H,2-3,11H2,1H3/b10-9+. The summed E-state index contributed by atoms with van der Waals surface area (Å²) in [6.45, 7) is 2.55. The van der Waals surface area contributed by atoms with Crippen molar-refractivity contribution >= 4 is 23.2 Å². The zero-order valence-electron chi connectivity index (χ0n) is 13.6. The molecule has 0 aliphatic carbocycles. The summed E-state index contributed by atoms with van der Waals surface area (Å²) in [5.41, 5.74) is 2.09. The van der Waals surface area contributed by atoms with E-state index in [2.05, 4.69) is 16.9 Å². The minimum atomic E-state index is -0.231. The Hall–Kier alpha value is -2.95. The highest BCUT2D eigenvalue weighted by atomic mass is 16.7. The van der Waals surface area contributed by atoms with Crippen LogP contribution in [0.4, 0.5) is 0 Å². The largest absolute Gasteiger partial charge is 0.409 e. The monoisotopic (exact) mass is 321 g/mol. The molecule has 24 heavy (non-hydrogen) atoms. The number of hydrogen-bond acceptors (Lipinski definition) is 4. The molecular weight excluding hydrogens is 302 g/mol. The molecule has 0 atom stereocenters. The Balaban J connectivity index is 2.02. The molecule has 5 nitrogen and oxygen atoms in total. The lowest BCUT2D eigenvalue weighted by Gasteiger charge is -2.11. The molecule has 3 aromatic rings. The molecule has 0 aliphatic heterocycles. The van der Waals surface area contributed by atoms with Gasteiger partial charge in [-0.3, -0.25) is 4.79 Å². The van der Waals surface area contributed by atoms with Crippen molar-refractivity contribution in [2.24, 2.45) is 0 Å². The van der Waals surface area contributed by atoms with Crippen molar-refractivity contribution in [3.8, 4) is 0 Å². The van der Waals surface area contributed by atoms with Gasteiger partial charge in [-0.1, -0.05) is 55.8 Å². The third kappa shape index (κ3) is 3.51. The summed E-state index contributed by atoms with van der Waals surface area (Å²) in [4.78, 5) is 26.3. The van der Waals surface area contributed by atoms with Crippen LogP contribution in [-0.2, 0) is 0 Å². The average molecular weight is 321 g/mol. The topological polar surface area (TPSA) is 57.0 Å². The van der Waals surface area contributed by atoms with Crippen LogP contribution >= 0.6 is 0 Å². The maximum atomic E-state index is 12.4. The van der Waals surface area contributed by atoms with Gasteiger partial charge in [0.05, 0.1) is 0 Å². The van der Waals surface area contributed by atoms with Gasteiger partial charge in [0.1, 0.15) is 12.9 Å². The van der Waals surface area contributed by atoms with Crippen LogP contribution in [0.25, 0.3) is 23.2 Å². The molecule has 122 valence electrons. The first-order valence-electron chi connectivity index (χ1n) is 8.02. The summed E-state index contributed by atoms with van der Waals surface area (Å²) >= 11 is 0. The summed E-state index contributed by atoms with van der Waals surface area (Å²) in [6.07, 6.45) is 8.87. The predicted octanol–water partition coefficient (Wildman–Crippen LogP) is 3.19. The fourth-order valence-corrected chi connectivity index (χ4v) is 2.38. The van der Waals surface area contributed by atoms with Gasteiger partial charge < -0.3 is 4.84 Å². The predicted molar refractivity (Wildman–Crippen MR) is 95.5 cm³/mol. The third-order valence-electron chi connectivity index (χ3n) is 3.65. The van der Waals surface area contributed by atoms with Crippen molar-refractivity contribution in [2.45, 2.75) is 19.8 Å². The van der Waals surface area contributed by atoms with E-state index in [4.69, 9.17) is 4.84 Å². The smallest absolute Gasteiger partial charge is 0.285 e. The minimum absolute atomic E-state index is 0.231. The Morgan fingerprint density at radius 3 is 2.83 bits per heavy atom. The second-order valence-corrected chi connectivity index (χ2v) is 5.42. The second kappa shape index (κ2) is 7.55. The van der Waals surface area contributed by atoms with Gasteiger partial charge in [0.15, 0.2) is 5.65 Å². The summed E-state index contributed by atoms with van der Waals surface area (Å²) in [5, 5.41) is 0.778. The molecule has 0 N–H and O–H groups in total. The Morgan fingerprint density at radius 1 is 1.21 bits per heavy atom. The molecular formula is C19H19N3O2. The van der Waals surface area contributed by atoms with Gasteiger partial charge >= 0.3 is 0 Å². The average Bonchev–Trinajstić information content (AvgIpc) is 2.63. The van der Waals surface area contributed by atoms with Crippen molar-refractivity contribution in [1.82, 2.24) is 14.7 Å². The SMILES string of the molecule is CCCCOn1c(=O)cc(/C=C/c2ccccc2)c2cncnc21. The van der Waals surface area contributed by atoms with Gasteiger partial charge in [-0.2, -0.15) is 0 Å². The highest BCUT2D eigenvalue weighted by Gasteiger charge is 2.09. The number of rotatable bonds is 6. The Kier molecular flexibility index (Phi) is 5.01. The number of pyridine rings is 1. The van der Waals surface area contributed by atoms with E-state index in [1.165, 1.54) is 11.1 Å². The van der Waals surface area contributed by atoms with E-state index >= 15 is 0 Å². The summed E-state index contributed by atoms with van der Waals surface area (Å²) in [6, 6.07) is 11.5. The zero-order valence-corrected chi connectivity index (χ0v) is 13.6. The third-order valence-corrected chi connectivity index (χ3v) is 3.65. The van der Waals surface area contributed by atoms with E-state index in [0.29, 0.717) is 12.3 Å². The molecule has 0 aliphatic rings. The van der Waals surface area contributed by atoms with E-state index in [1.54, 1.807) is 12.3 Å². The van der Waals surface area contributed by atoms with Crippen molar-refractivity contribution in [3.63, 3.8) is 0 Å². The minimum Gasteiger partial charge on any atom is -0.409 e. The van der Waals surface area contributed by atoms with Crippen LogP contribution in [0.2, 0.25) is 0 Å². The highest BCUT2D eigenvalue weighted by molar-refractivity contribution is 5.87.